The van der Waals surface area contributed by atoms with Gasteiger partial charge in [-0.3, -0.25) is 4.79 Å². The summed E-state index contributed by atoms with van der Waals surface area (Å²) in [5.74, 6) is -0.583. The minimum absolute atomic E-state index is 0.0536. The van der Waals surface area contributed by atoms with Gasteiger partial charge in [-0.25, -0.2) is 4.79 Å². The van der Waals surface area contributed by atoms with E-state index in [0.29, 0.717) is 18.2 Å². The Bertz CT molecular complexity index is 1450. The van der Waals surface area contributed by atoms with Crippen LogP contribution in [-0.4, -0.2) is 36.2 Å². The molecule has 4 rings (SSSR count). The fourth-order valence-electron chi connectivity index (χ4n) is 5.74. The molecule has 0 atom stereocenters. The number of ether oxygens (including phenoxy) is 2. The Labute approximate surface area is 250 Å². The van der Waals surface area contributed by atoms with E-state index in [1.54, 1.807) is 6.07 Å². The van der Waals surface area contributed by atoms with Gasteiger partial charge in [0.25, 0.3) is 0 Å². The van der Waals surface area contributed by atoms with Gasteiger partial charge in [-0.2, -0.15) is 0 Å². The standard InChI is InChI=1S/C36H45NO5/c1-23(2)37-18-8-9-19-41-32-15-12-25(28-13-10-27(34(39)40)22-33(28)42-24(3)38)20-29(32)26-11-14-30-31(21-26)36(6,7)17-16-35(30,4)5/h10-15,20-23,37H,8-9,16-19H2,1-7H3,(H,39,40). The van der Waals surface area contributed by atoms with E-state index < -0.39 is 11.9 Å². The first-order valence-electron chi connectivity index (χ1n) is 15.0. The van der Waals surface area contributed by atoms with Gasteiger partial charge in [0.1, 0.15) is 11.5 Å². The molecule has 0 radical (unpaired) electrons. The average Bonchev–Trinajstić information content (AvgIpc) is 2.92. The molecule has 0 saturated carbocycles. The zero-order valence-corrected chi connectivity index (χ0v) is 26.1. The summed E-state index contributed by atoms with van der Waals surface area (Å²) < 4.78 is 11.9. The quantitative estimate of drug-likeness (QED) is 0.137. The summed E-state index contributed by atoms with van der Waals surface area (Å²) in [6, 6.07) is 17.8. The second kappa shape index (κ2) is 12.7. The van der Waals surface area contributed by atoms with E-state index in [1.807, 2.05) is 12.1 Å². The molecule has 0 spiro atoms. The van der Waals surface area contributed by atoms with Crippen molar-refractivity contribution < 1.29 is 24.2 Å². The number of benzene rings is 3. The summed E-state index contributed by atoms with van der Waals surface area (Å²) in [4.78, 5) is 23.5. The molecule has 0 heterocycles. The van der Waals surface area contributed by atoms with E-state index >= 15 is 0 Å². The number of hydrogen-bond donors (Lipinski definition) is 2. The molecule has 3 aromatic rings. The zero-order chi connectivity index (χ0) is 30.7. The Morgan fingerprint density at radius 1 is 0.833 bits per heavy atom. The molecule has 0 saturated heterocycles. The number of carbonyl (C=O) groups excluding carboxylic acids is 1. The van der Waals surface area contributed by atoms with Gasteiger partial charge in [0, 0.05) is 24.1 Å². The lowest BCUT2D eigenvalue weighted by Crippen LogP contribution is -2.33. The highest BCUT2D eigenvalue weighted by Gasteiger charge is 2.37. The SMILES string of the molecule is CC(=O)Oc1cc(C(=O)O)ccc1-c1ccc(OCCCCNC(C)C)c(-c2ccc3c(c2)C(C)(C)CCC3(C)C)c1. The lowest BCUT2D eigenvalue weighted by Gasteiger charge is -2.42. The van der Waals surface area contributed by atoms with Gasteiger partial charge < -0.3 is 19.9 Å². The molecule has 6 nitrogen and oxygen atoms in total. The number of hydrogen-bond acceptors (Lipinski definition) is 5. The molecule has 0 unspecified atom stereocenters. The van der Waals surface area contributed by atoms with Gasteiger partial charge >= 0.3 is 11.9 Å². The van der Waals surface area contributed by atoms with E-state index in [9.17, 15) is 14.7 Å². The number of esters is 1. The van der Waals surface area contributed by atoms with Crippen LogP contribution in [0.5, 0.6) is 11.5 Å². The Balaban J connectivity index is 1.78. The van der Waals surface area contributed by atoms with Crippen LogP contribution in [0.3, 0.4) is 0 Å². The van der Waals surface area contributed by atoms with Crippen LogP contribution < -0.4 is 14.8 Å². The van der Waals surface area contributed by atoms with Crippen LogP contribution in [0.15, 0.2) is 54.6 Å². The van der Waals surface area contributed by atoms with Crippen LogP contribution in [0.1, 0.15) is 95.6 Å². The van der Waals surface area contributed by atoms with E-state index in [4.69, 9.17) is 9.47 Å². The summed E-state index contributed by atoms with van der Waals surface area (Å²) in [5, 5.41) is 13.0. The zero-order valence-electron chi connectivity index (χ0n) is 26.1. The van der Waals surface area contributed by atoms with Gasteiger partial charge in [0.2, 0.25) is 0 Å². The van der Waals surface area contributed by atoms with Crippen LogP contribution in [0.2, 0.25) is 0 Å². The average molecular weight is 572 g/mol. The molecule has 1 aliphatic carbocycles. The number of unbranched alkanes of at least 4 members (excludes halogenated alkanes) is 1. The molecule has 1 aliphatic rings. The number of carboxylic acids is 1. The van der Waals surface area contributed by atoms with Crippen molar-refractivity contribution in [1.29, 1.82) is 0 Å². The van der Waals surface area contributed by atoms with E-state index in [1.165, 1.54) is 30.2 Å². The lowest BCUT2D eigenvalue weighted by atomic mass is 9.63. The van der Waals surface area contributed by atoms with E-state index in [-0.39, 0.29) is 22.1 Å². The van der Waals surface area contributed by atoms with Crippen LogP contribution in [0.25, 0.3) is 22.3 Å². The molecule has 0 aromatic heterocycles. The molecule has 2 N–H and O–H groups in total. The maximum atomic E-state index is 11.9. The maximum Gasteiger partial charge on any atom is 0.335 e. The highest BCUT2D eigenvalue weighted by Crippen LogP contribution is 2.48. The fraction of sp³-hybridized carbons (Fsp3) is 0.444. The molecule has 0 amide bonds. The first-order valence-corrected chi connectivity index (χ1v) is 15.0. The highest BCUT2D eigenvalue weighted by molar-refractivity contribution is 5.91. The molecule has 6 heteroatoms. The summed E-state index contributed by atoms with van der Waals surface area (Å²) in [6.45, 7) is 16.4. The summed E-state index contributed by atoms with van der Waals surface area (Å²) >= 11 is 0. The van der Waals surface area contributed by atoms with E-state index in [0.717, 1.165) is 54.7 Å². The lowest BCUT2D eigenvalue weighted by molar-refractivity contribution is -0.131. The Morgan fingerprint density at radius 3 is 2.17 bits per heavy atom. The molecular formula is C36H45NO5. The topological polar surface area (TPSA) is 84.9 Å². The van der Waals surface area contributed by atoms with E-state index in [2.05, 4.69) is 71.1 Å². The maximum absolute atomic E-state index is 11.9. The molecule has 42 heavy (non-hydrogen) atoms. The molecule has 0 fully saturated rings. The van der Waals surface area contributed by atoms with Crippen molar-refractivity contribution in [1.82, 2.24) is 5.32 Å². The van der Waals surface area contributed by atoms with Gasteiger partial charge in [-0.05, 0) is 95.6 Å². The number of nitrogens with one attached hydrogen (secondary N) is 1. The van der Waals surface area contributed by atoms with Crippen molar-refractivity contribution in [3.63, 3.8) is 0 Å². The monoisotopic (exact) mass is 571 g/mol. The number of carboxylic acid groups (broad SMARTS) is 1. The number of carbonyl (C=O) groups is 2. The van der Waals surface area contributed by atoms with Gasteiger partial charge in [0.15, 0.2) is 0 Å². The van der Waals surface area contributed by atoms with Crippen molar-refractivity contribution in [2.75, 3.05) is 13.2 Å². The van der Waals surface area contributed by atoms with Gasteiger partial charge in [0.05, 0.1) is 12.2 Å². The second-order valence-corrected chi connectivity index (χ2v) is 13.0. The van der Waals surface area contributed by atoms with Crippen molar-refractivity contribution in [2.24, 2.45) is 0 Å². The summed E-state index contributed by atoms with van der Waals surface area (Å²) in [7, 11) is 0. The van der Waals surface area contributed by atoms with Gasteiger partial charge in [-0.15, -0.1) is 0 Å². The third-order valence-electron chi connectivity index (χ3n) is 8.32. The predicted molar refractivity (Wildman–Crippen MR) is 169 cm³/mol. The minimum Gasteiger partial charge on any atom is -0.493 e. The van der Waals surface area contributed by atoms with Crippen molar-refractivity contribution in [2.45, 2.75) is 91.0 Å². The summed E-state index contributed by atoms with van der Waals surface area (Å²) in [5.41, 5.74) is 6.43. The van der Waals surface area contributed by atoms with Crippen LogP contribution in [0, 0.1) is 0 Å². The first-order chi connectivity index (χ1) is 19.8. The van der Waals surface area contributed by atoms with Crippen LogP contribution in [0.4, 0.5) is 0 Å². The molecule has 224 valence electrons. The molecule has 0 bridgehead atoms. The van der Waals surface area contributed by atoms with Crippen molar-refractivity contribution >= 4 is 11.9 Å². The fourth-order valence-corrected chi connectivity index (χ4v) is 5.74. The Kier molecular flexibility index (Phi) is 9.47. The predicted octanol–water partition coefficient (Wildman–Crippen LogP) is 8.15. The van der Waals surface area contributed by atoms with Crippen molar-refractivity contribution in [3.05, 3.63) is 71.3 Å². The van der Waals surface area contributed by atoms with Crippen LogP contribution >= 0.6 is 0 Å². The number of rotatable bonds is 11. The minimum atomic E-state index is -1.08. The van der Waals surface area contributed by atoms with Crippen LogP contribution in [-0.2, 0) is 15.6 Å². The molecular weight excluding hydrogens is 526 g/mol. The second-order valence-electron chi connectivity index (χ2n) is 13.0. The summed E-state index contributed by atoms with van der Waals surface area (Å²) in [6.07, 6.45) is 4.22. The molecule has 0 aliphatic heterocycles. The van der Waals surface area contributed by atoms with Crippen molar-refractivity contribution in [3.8, 4) is 33.8 Å². The normalized spacial score (nSPS) is 15.2. The number of fused-ring (bicyclic) bond motifs is 1. The highest BCUT2D eigenvalue weighted by atomic mass is 16.5. The third-order valence-corrected chi connectivity index (χ3v) is 8.32. The first kappa shape index (κ1) is 31.3. The Morgan fingerprint density at radius 2 is 1.50 bits per heavy atom. The smallest absolute Gasteiger partial charge is 0.335 e. The molecule has 3 aromatic carbocycles. The number of aromatic carboxylic acids is 1. The largest absolute Gasteiger partial charge is 0.493 e. The Hall–Kier alpha value is -3.64. The van der Waals surface area contributed by atoms with Gasteiger partial charge in [-0.1, -0.05) is 65.8 Å². The third kappa shape index (κ3) is 7.22.